The Kier molecular flexibility index (Phi) is 19.1. The van der Waals surface area contributed by atoms with Gasteiger partial charge in [0, 0.05) is 154 Å². The Morgan fingerprint density at radius 1 is 0.393 bits per heavy atom. The molecular weight excluding hydrogens is 713 g/mol. The first-order chi connectivity index (χ1) is 27.4. The van der Waals surface area contributed by atoms with E-state index in [1.807, 2.05) is 48.5 Å². The molecule has 0 bridgehead atoms. The molecule has 1 aliphatic rings. The third-order valence-electron chi connectivity index (χ3n) is 9.71. The highest BCUT2D eigenvalue weighted by Gasteiger charge is 2.22. The summed E-state index contributed by atoms with van der Waals surface area (Å²) in [6.45, 7) is 8.70. The highest BCUT2D eigenvalue weighted by molar-refractivity contribution is 5.10. The lowest BCUT2D eigenvalue weighted by Gasteiger charge is -2.36. The average Bonchev–Trinajstić information content (AvgIpc) is 3.23. The minimum atomic E-state index is -0.778. The van der Waals surface area contributed by atoms with Crippen LogP contribution in [0.1, 0.15) is 22.3 Å². The van der Waals surface area contributed by atoms with Crippen LogP contribution in [0.5, 0.6) is 0 Å². The molecule has 0 radical (unpaired) electrons. The first-order valence-corrected chi connectivity index (χ1v) is 19.5. The van der Waals surface area contributed by atoms with E-state index in [0.29, 0.717) is 105 Å². The van der Waals surface area contributed by atoms with Gasteiger partial charge in [0.2, 0.25) is 0 Å². The standard InChI is InChI=1S/C40H60N12O4/c53-37(45-25-33-5-1-9-41-21-33)29-49-13-15-50(30-38(54)46-26-34-6-2-10-42-22-34)17-19-52(32-40(56)48-28-36-8-4-12-44-24-36)20-18-51(16-14-49)31-39(55)47-27-35-7-3-11-43-23-35/h1-12,21-24,37-40,45-48,53-56H,13-20,25-32H2. The van der Waals surface area contributed by atoms with Gasteiger partial charge in [0.15, 0.2) is 0 Å². The summed E-state index contributed by atoms with van der Waals surface area (Å²) in [7, 11) is 0. The Balaban J connectivity index is 1.26. The number of hydrogen-bond acceptors (Lipinski definition) is 16. The molecule has 4 unspecified atom stereocenters. The molecule has 4 aromatic rings. The predicted octanol–water partition coefficient (Wildman–Crippen LogP) is -0.779. The normalized spacial score (nSPS) is 18.1. The van der Waals surface area contributed by atoms with E-state index in [2.05, 4.69) is 60.8 Å². The number of nitrogens with zero attached hydrogens (tertiary/aromatic N) is 8. The molecule has 0 saturated carbocycles. The fourth-order valence-electron chi connectivity index (χ4n) is 6.50. The molecule has 1 fully saturated rings. The van der Waals surface area contributed by atoms with Crippen molar-refractivity contribution in [2.24, 2.45) is 0 Å². The van der Waals surface area contributed by atoms with Gasteiger partial charge in [-0.2, -0.15) is 0 Å². The summed E-state index contributed by atoms with van der Waals surface area (Å²) in [5.41, 5.74) is 3.94. The van der Waals surface area contributed by atoms with Gasteiger partial charge in [-0.3, -0.25) is 60.8 Å². The lowest BCUT2D eigenvalue weighted by Crippen LogP contribution is -2.53. The van der Waals surface area contributed by atoms with Crippen LogP contribution in [0.25, 0.3) is 0 Å². The van der Waals surface area contributed by atoms with Crippen molar-refractivity contribution in [1.29, 1.82) is 0 Å². The van der Waals surface area contributed by atoms with Crippen LogP contribution in [0.3, 0.4) is 0 Å². The van der Waals surface area contributed by atoms with Gasteiger partial charge in [-0.25, -0.2) is 0 Å². The summed E-state index contributed by atoms with van der Waals surface area (Å²) in [5.74, 6) is 0. The largest absolute Gasteiger partial charge is 0.377 e. The Morgan fingerprint density at radius 2 is 0.607 bits per heavy atom. The van der Waals surface area contributed by atoms with Crippen LogP contribution in [-0.2, 0) is 26.2 Å². The predicted molar refractivity (Wildman–Crippen MR) is 214 cm³/mol. The minimum absolute atomic E-state index is 0.395. The van der Waals surface area contributed by atoms with Gasteiger partial charge >= 0.3 is 0 Å². The monoisotopic (exact) mass is 772 g/mol. The zero-order chi connectivity index (χ0) is 39.2. The molecule has 0 amide bonds. The highest BCUT2D eigenvalue weighted by atomic mass is 16.3. The molecule has 16 heteroatoms. The van der Waals surface area contributed by atoms with Gasteiger partial charge in [0.1, 0.15) is 24.9 Å². The number of aliphatic hydroxyl groups is 4. The number of rotatable bonds is 20. The molecule has 0 aromatic carbocycles. The number of pyridine rings is 4. The van der Waals surface area contributed by atoms with Crippen molar-refractivity contribution in [1.82, 2.24) is 60.8 Å². The summed E-state index contributed by atoms with van der Waals surface area (Å²) in [4.78, 5) is 25.7. The van der Waals surface area contributed by atoms with Crippen LogP contribution < -0.4 is 21.3 Å². The van der Waals surface area contributed by atoms with Crippen LogP contribution >= 0.6 is 0 Å². The zero-order valence-corrected chi connectivity index (χ0v) is 32.2. The van der Waals surface area contributed by atoms with Crippen molar-refractivity contribution < 1.29 is 20.4 Å². The quantitative estimate of drug-likeness (QED) is 0.0522. The lowest BCUT2D eigenvalue weighted by atomic mass is 10.2. The van der Waals surface area contributed by atoms with Gasteiger partial charge < -0.3 is 20.4 Å². The van der Waals surface area contributed by atoms with Gasteiger partial charge in [-0.05, 0) is 46.5 Å². The van der Waals surface area contributed by atoms with E-state index in [9.17, 15) is 20.4 Å². The molecule has 5 rings (SSSR count). The third-order valence-corrected chi connectivity index (χ3v) is 9.71. The molecule has 56 heavy (non-hydrogen) atoms. The summed E-state index contributed by atoms with van der Waals surface area (Å²) in [5, 5.41) is 57.4. The van der Waals surface area contributed by atoms with Crippen molar-refractivity contribution in [2.45, 2.75) is 51.1 Å². The number of β-amino-alcohol motifs (C(OH)–C–C–N with tert-alkyl or cyclic N) is 4. The second-order valence-corrected chi connectivity index (χ2v) is 14.2. The lowest BCUT2D eigenvalue weighted by molar-refractivity contribution is 0.0304. The number of aromatic nitrogens is 4. The fourth-order valence-corrected chi connectivity index (χ4v) is 6.50. The Hall–Kier alpha value is -3.88. The smallest absolute Gasteiger partial charge is 0.118 e. The first kappa shape index (κ1) is 43.2. The molecule has 8 N–H and O–H groups in total. The summed E-state index contributed by atoms with van der Waals surface area (Å²) in [6, 6.07) is 15.4. The molecule has 4 aromatic heterocycles. The molecule has 304 valence electrons. The SMILES string of the molecule is OC(CN1CCN(CC(O)NCc2cccnc2)CCN(CC(O)NCc2cccnc2)CCN(CC(O)NCc2cccnc2)CC1)NCc1cccnc1. The topological polar surface area (TPSA) is 194 Å². The Bertz CT molecular complexity index is 1330. The van der Waals surface area contributed by atoms with Crippen molar-refractivity contribution in [3.63, 3.8) is 0 Å². The van der Waals surface area contributed by atoms with E-state index in [0.717, 1.165) is 22.3 Å². The number of nitrogens with one attached hydrogen (secondary N) is 4. The zero-order valence-electron chi connectivity index (χ0n) is 32.2. The van der Waals surface area contributed by atoms with Crippen LogP contribution in [0.15, 0.2) is 98.1 Å². The van der Waals surface area contributed by atoms with Gasteiger partial charge in [0.05, 0.1) is 0 Å². The van der Waals surface area contributed by atoms with Crippen molar-refractivity contribution in [2.75, 3.05) is 78.5 Å². The molecule has 0 aliphatic carbocycles. The van der Waals surface area contributed by atoms with Crippen molar-refractivity contribution in [3.8, 4) is 0 Å². The maximum Gasteiger partial charge on any atom is 0.118 e. The third kappa shape index (κ3) is 17.1. The summed E-state index contributed by atoms with van der Waals surface area (Å²) in [6.07, 6.45) is 10.9. The van der Waals surface area contributed by atoms with Gasteiger partial charge in [-0.1, -0.05) is 24.3 Å². The second-order valence-electron chi connectivity index (χ2n) is 14.2. The first-order valence-electron chi connectivity index (χ1n) is 19.5. The molecule has 1 aliphatic heterocycles. The number of hydrogen-bond donors (Lipinski definition) is 8. The summed E-state index contributed by atoms with van der Waals surface area (Å²) >= 11 is 0. The summed E-state index contributed by atoms with van der Waals surface area (Å²) < 4.78 is 0. The van der Waals surface area contributed by atoms with Crippen LogP contribution in [0.2, 0.25) is 0 Å². The van der Waals surface area contributed by atoms with Crippen molar-refractivity contribution in [3.05, 3.63) is 120 Å². The fraction of sp³-hybridized carbons (Fsp3) is 0.500. The van der Waals surface area contributed by atoms with Crippen molar-refractivity contribution >= 4 is 0 Å². The van der Waals surface area contributed by atoms with E-state index in [1.165, 1.54) is 0 Å². The van der Waals surface area contributed by atoms with E-state index in [4.69, 9.17) is 0 Å². The molecule has 5 heterocycles. The molecule has 1 saturated heterocycles. The second kappa shape index (κ2) is 24.7. The van der Waals surface area contributed by atoms with E-state index in [1.54, 1.807) is 49.6 Å². The molecule has 16 nitrogen and oxygen atoms in total. The highest BCUT2D eigenvalue weighted by Crippen LogP contribution is 2.06. The van der Waals surface area contributed by atoms with E-state index < -0.39 is 24.9 Å². The van der Waals surface area contributed by atoms with Crippen LogP contribution in [-0.4, -0.2) is 163 Å². The number of aliphatic hydroxyl groups excluding tert-OH is 4. The Labute approximate surface area is 330 Å². The molecular formula is C40H60N12O4. The van der Waals surface area contributed by atoms with Gasteiger partial charge in [-0.15, -0.1) is 0 Å². The molecule has 0 spiro atoms. The average molecular weight is 773 g/mol. The van der Waals surface area contributed by atoms with Gasteiger partial charge in [0.25, 0.3) is 0 Å². The molecule has 4 atom stereocenters. The van der Waals surface area contributed by atoms with Crippen LogP contribution in [0, 0.1) is 0 Å². The van der Waals surface area contributed by atoms with E-state index in [-0.39, 0.29) is 0 Å². The maximum absolute atomic E-state index is 11.1. The maximum atomic E-state index is 11.1. The van der Waals surface area contributed by atoms with Crippen LogP contribution in [0.4, 0.5) is 0 Å². The Morgan fingerprint density at radius 3 is 0.786 bits per heavy atom. The van der Waals surface area contributed by atoms with E-state index >= 15 is 0 Å². The minimum Gasteiger partial charge on any atom is -0.377 e.